The molecule has 0 radical (unpaired) electrons. The Morgan fingerprint density at radius 2 is 1.63 bits per heavy atom. The summed E-state index contributed by atoms with van der Waals surface area (Å²) in [7, 11) is 0. The van der Waals surface area contributed by atoms with E-state index in [1.807, 2.05) is 18.2 Å². The molecule has 0 aliphatic carbocycles. The molecule has 0 amide bonds. The van der Waals surface area contributed by atoms with E-state index in [4.69, 9.17) is 0 Å². The van der Waals surface area contributed by atoms with Crippen molar-refractivity contribution in [2.75, 3.05) is 10.6 Å². The molecule has 35 heavy (non-hydrogen) atoms. The van der Waals surface area contributed by atoms with Crippen LogP contribution in [0, 0.1) is 25.2 Å². The first-order valence-electron chi connectivity index (χ1n) is 11.5. The number of hydrogen-bond acceptors (Lipinski definition) is 5. The fourth-order valence-electron chi connectivity index (χ4n) is 4.17. The van der Waals surface area contributed by atoms with Gasteiger partial charge in [0.2, 0.25) is 0 Å². The van der Waals surface area contributed by atoms with Crippen molar-refractivity contribution < 1.29 is 0 Å². The molecule has 2 heterocycles. The smallest absolute Gasteiger partial charge is 0.103 e. The van der Waals surface area contributed by atoms with E-state index in [9.17, 15) is 5.26 Å². The molecule has 2 aromatic heterocycles. The monoisotopic (exact) mass is 455 g/mol. The Bertz CT molecular complexity index is 1530. The second-order valence-electron chi connectivity index (χ2n) is 8.62. The Hall–Kier alpha value is -4.69. The second kappa shape index (κ2) is 9.66. The maximum atomic E-state index is 9.71. The van der Waals surface area contributed by atoms with Gasteiger partial charge < -0.3 is 10.6 Å². The van der Waals surface area contributed by atoms with Gasteiger partial charge in [-0.05, 0) is 60.4 Å². The van der Waals surface area contributed by atoms with E-state index in [0.29, 0.717) is 5.56 Å². The highest BCUT2D eigenvalue weighted by Gasteiger charge is 2.12. The average Bonchev–Trinajstić information content (AvgIpc) is 2.89. The third kappa shape index (κ3) is 4.83. The molecule has 0 unspecified atom stereocenters. The van der Waals surface area contributed by atoms with E-state index in [0.717, 1.165) is 51.2 Å². The number of benzene rings is 3. The molecule has 5 heteroatoms. The number of pyridine rings is 2. The molecule has 170 valence electrons. The molecule has 0 bridgehead atoms. The number of fused-ring (bicyclic) bond motifs is 1. The van der Waals surface area contributed by atoms with E-state index in [2.05, 4.69) is 95.1 Å². The molecule has 0 aliphatic rings. The van der Waals surface area contributed by atoms with E-state index in [1.54, 1.807) is 18.6 Å². The first-order chi connectivity index (χ1) is 17.1. The molecule has 5 aromatic rings. The molecular weight excluding hydrogens is 430 g/mol. The van der Waals surface area contributed by atoms with Crippen LogP contribution in [0.25, 0.3) is 22.0 Å². The highest BCUT2D eigenvalue weighted by molar-refractivity contribution is 5.97. The Morgan fingerprint density at radius 1 is 0.857 bits per heavy atom. The zero-order valence-electron chi connectivity index (χ0n) is 19.7. The number of hydrogen-bond donors (Lipinski definition) is 2. The summed E-state index contributed by atoms with van der Waals surface area (Å²) in [6.07, 6.45) is 5.20. The van der Waals surface area contributed by atoms with Gasteiger partial charge >= 0.3 is 0 Å². The number of anilines is 3. The van der Waals surface area contributed by atoms with Crippen LogP contribution in [0.5, 0.6) is 0 Å². The number of nitrogens with one attached hydrogen (secondary N) is 2. The van der Waals surface area contributed by atoms with E-state index < -0.39 is 0 Å². The minimum Gasteiger partial charge on any atom is -0.381 e. The predicted molar refractivity (Wildman–Crippen MR) is 143 cm³/mol. The molecular formula is C30H25N5. The van der Waals surface area contributed by atoms with Crippen LogP contribution in [-0.4, -0.2) is 9.97 Å². The Morgan fingerprint density at radius 3 is 2.37 bits per heavy atom. The molecule has 5 nitrogen and oxygen atoms in total. The van der Waals surface area contributed by atoms with Gasteiger partial charge in [-0.25, -0.2) is 0 Å². The number of rotatable bonds is 6. The average molecular weight is 456 g/mol. The number of nitrogens with zero attached hydrogens (tertiary/aromatic N) is 3. The number of nitriles is 1. The van der Waals surface area contributed by atoms with Crippen molar-refractivity contribution in [3.63, 3.8) is 0 Å². The highest BCUT2D eigenvalue weighted by atomic mass is 14.9. The first kappa shape index (κ1) is 22.1. The van der Waals surface area contributed by atoms with Crippen molar-refractivity contribution in [1.82, 2.24) is 9.97 Å². The minimum atomic E-state index is 0.524. The number of aryl methyl sites for hydroxylation is 2. The minimum absolute atomic E-state index is 0.524. The molecule has 0 fully saturated rings. The highest BCUT2D eigenvalue weighted by Crippen LogP contribution is 2.33. The lowest BCUT2D eigenvalue weighted by atomic mass is 10.0. The molecule has 0 saturated carbocycles. The van der Waals surface area contributed by atoms with Crippen LogP contribution in [-0.2, 0) is 6.54 Å². The summed E-state index contributed by atoms with van der Waals surface area (Å²) in [4.78, 5) is 8.62. The second-order valence-corrected chi connectivity index (χ2v) is 8.62. The largest absolute Gasteiger partial charge is 0.381 e. The molecule has 0 spiro atoms. The summed E-state index contributed by atoms with van der Waals surface area (Å²) in [5.41, 5.74) is 9.93. The van der Waals surface area contributed by atoms with Gasteiger partial charge in [0.1, 0.15) is 6.07 Å². The maximum Gasteiger partial charge on any atom is 0.103 e. The van der Waals surface area contributed by atoms with Crippen molar-refractivity contribution >= 4 is 28.0 Å². The van der Waals surface area contributed by atoms with Crippen molar-refractivity contribution in [2.24, 2.45) is 0 Å². The summed E-state index contributed by atoms with van der Waals surface area (Å²) in [6.45, 7) is 4.89. The molecule has 0 saturated heterocycles. The third-order valence-electron chi connectivity index (χ3n) is 6.10. The van der Waals surface area contributed by atoms with Gasteiger partial charge in [0.05, 0.1) is 16.8 Å². The van der Waals surface area contributed by atoms with E-state index >= 15 is 0 Å². The lowest BCUT2D eigenvalue weighted by Crippen LogP contribution is -1.99. The van der Waals surface area contributed by atoms with Gasteiger partial charge in [-0.3, -0.25) is 9.97 Å². The van der Waals surface area contributed by atoms with E-state index in [-0.39, 0.29) is 0 Å². The predicted octanol–water partition coefficient (Wildman–Crippen LogP) is 7.14. The van der Waals surface area contributed by atoms with Crippen LogP contribution in [0.3, 0.4) is 0 Å². The zero-order valence-corrected chi connectivity index (χ0v) is 19.7. The third-order valence-corrected chi connectivity index (χ3v) is 6.10. The van der Waals surface area contributed by atoms with Crippen LogP contribution in [0.4, 0.5) is 17.1 Å². The van der Waals surface area contributed by atoms with Gasteiger partial charge in [0.15, 0.2) is 0 Å². The number of aromatic nitrogens is 2. The quantitative estimate of drug-likeness (QED) is 0.285. The summed E-state index contributed by atoms with van der Waals surface area (Å²) >= 11 is 0. The lowest BCUT2D eigenvalue weighted by molar-refractivity contribution is 1.14. The standard InChI is InChI=1S/C30H25N5/c1-20-3-10-28(21(2)15-20)35-30-25(17-31)19-34-29-16-24(8-9-27(29)30)23-6-4-22(5-7-23)18-33-26-11-13-32-14-12-26/h3-16,19H,18H2,1-2H3,(H,32,33)(H,34,35). The van der Waals surface area contributed by atoms with Crippen LogP contribution in [0.15, 0.2) is 91.4 Å². The SMILES string of the molecule is Cc1ccc(Nc2c(C#N)cnc3cc(-c4ccc(CNc5ccncc5)cc4)ccc23)c(C)c1. The summed E-state index contributed by atoms with van der Waals surface area (Å²) in [6, 6.07) is 27.2. The first-order valence-corrected chi connectivity index (χ1v) is 11.5. The molecule has 5 rings (SSSR count). The zero-order chi connectivity index (χ0) is 24.2. The topological polar surface area (TPSA) is 73.6 Å². The summed E-state index contributed by atoms with van der Waals surface area (Å²) in [5.74, 6) is 0. The van der Waals surface area contributed by atoms with Crippen LogP contribution in [0.2, 0.25) is 0 Å². The van der Waals surface area contributed by atoms with Gasteiger partial charge in [-0.2, -0.15) is 5.26 Å². The fourth-order valence-corrected chi connectivity index (χ4v) is 4.17. The fraction of sp³-hybridized carbons (Fsp3) is 0.100. The molecule has 2 N–H and O–H groups in total. The molecule has 0 atom stereocenters. The Labute approximate surface area is 205 Å². The van der Waals surface area contributed by atoms with Crippen LogP contribution >= 0.6 is 0 Å². The Balaban J connectivity index is 1.42. The van der Waals surface area contributed by atoms with E-state index in [1.165, 1.54) is 11.1 Å². The van der Waals surface area contributed by atoms with Crippen molar-refractivity contribution in [3.05, 3.63) is 114 Å². The van der Waals surface area contributed by atoms with Crippen molar-refractivity contribution in [2.45, 2.75) is 20.4 Å². The summed E-state index contributed by atoms with van der Waals surface area (Å²) in [5, 5.41) is 17.5. The van der Waals surface area contributed by atoms with Gasteiger partial charge in [0.25, 0.3) is 0 Å². The normalized spacial score (nSPS) is 10.7. The van der Waals surface area contributed by atoms with Gasteiger partial charge in [-0.1, -0.05) is 54.1 Å². The Kier molecular flexibility index (Phi) is 6.11. The molecule has 0 aliphatic heterocycles. The van der Waals surface area contributed by atoms with Gasteiger partial charge in [-0.15, -0.1) is 0 Å². The van der Waals surface area contributed by atoms with Gasteiger partial charge in [0, 0.05) is 41.9 Å². The van der Waals surface area contributed by atoms with Crippen LogP contribution < -0.4 is 10.6 Å². The maximum absolute atomic E-state index is 9.71. The molecule has 3 aromatic carbocycles. The lowest BCUT2D eigenvalue weighted by Gasteiger charge is -2.14. The van der Waals surface area contributed by atoms with Crippen molar-refractivity contribution in [3.8, 4) is 17.2 Å². The summed E-state index contributed by atoms with van der Waals surface area (Å²) < 4.78 is 0. The van der Waals surface area contributed by atoms with Crippen LogP contribution in [0.1, 0.15) is 22.3 Å². The van der Waals surface area contributed by atoms with Crippen molar-refractivity contribution in [1.29, 1.82) is 5.26 Å².